The Morgan fingerprint density at radius 1 is 0.469 bits per heavy atom. The summed E-state index contributed by atoms with van der Waals surface area (Å²) in [5, 5.41) is 0. The smallest absolute Gasteiger partial charge is 0.147 e. The fourth-order valence-electron chi connectivity index (χ4n) is 5.02. The van der Waals surface area contributed by atoms with Crippen LogP contribution in [-0.2, 0) is 4.74 Å². The number of hydrogen-bond donors (Lipinski definition) is 0. The molecular weight excluding hydrogens is 729 g/mol. The van der Waals surface area contributed by atoms with Gasteiger partial charge in [-0.15, -0.1) is 0 Å². The first-order chi connectivity index (χ1) is 24.2. The van der Waals surface area contributed by atoms with Crippen LogP contribution in [0.3, 0.4) is 0 Å². The van der Waals surface area contributed by atoms with Gasteiger partial charge in [0.2, 0.25) is 0 Å². The van der Waals surface area contributed by atoms with E-state index in [9.17, 15) is 0 Å². The van der Waals surface area contributed by atoms with Crippen molar-refractivity contribution in [3.05, 3.63) is 72.8 Å². The lowest BCUT2D eigenvalue weighted by molar-refractivity contribution is 0.167. The van der Waals surface area contributed by atoms with E-state index in [1.807, 2.05) is 23.5 Å². The van der Waals surface area contributed by atoms with Gasteiger partial charge in [-0.25, -0.2) is 0 Å². The van der Waals surface area contributed by atoms with E-state index in [0.29, 0.717) is 26.4 Å². The number of benzene rings is 4. The fourth-order valence-corrected chi connectivity index (χ4v) is 10.8. The molecule has 0 fully saturated rings. The fraction of sp³-hybridized carbons (Fsp3) is 0.368. The lowest BCUT2D eigenvalue weighted by atomic mass is 10.3. The van der Waals surface area contributed by atoms with E-state index in [0.717, 1.165) is 111 Å². The molecule has 49 heavy (non-hydrogen) atoms. The summed E-state index contributed by atoms with van der Waals surface area (Å²) in [4.78, 5) is 8.47. The highest BCUT2D eigenvalue weighted by Gasteiger charge is 2.23. The van der Waals surface area contributed by atoms with Gasteiger partial charge in [-0.05, 0) is 61.4 Å². The zero-order chi connectivity index (χ0) is 33.7. The maximum atomic E-state index is 6.70. The van der Waals surface area contributed by atoms with Crippen molar-refractivity contribution in [3.63, 3.8) is 0 Å². The molecule has 0 aromatic heterocycles. The number of fused-ring (bicyclic) bond motifs is 2. The van der Waals surface area contributed by atoms with Gasteiger partial charge in [0.25, 0.3) is 0 Å². The quantitative estimate of drug-likeness (QED) is 0.166. The second-order valence-electron chi connectivity index (χ2n) is 11.0. The Balaban J connectivity index is 1.53. The molecule has 10 bridgehead atoms. The summed E-state index contributed by atoms with van der Waals surface area (Å²) < 4.78 is 32.4. The minimum Gasteiger partial charge on any atom is -0.491 e. The average molecular weight is 771 g/mol. The Labute approximate surface area is 316 Å². The molecule has 2 aliphatic rings. The van der Waals surface area contributed by atoms with Gasteiger partial charge in [-0.2, -0.15) is 23.5 Å². The van der Waals surface area contributed by atoms with Crippen molar-refractivity contribution in [3.8, 4) is 23.0 Å². The van der Waals surface area contributed by atoms with Gasteiger partial charge in [-0.3, -0.25) is 0 Å². The number of para-hydroxylation sites is 4. The van der Waals surface area contributed by atoms with Crippen molar-refractivity contribution >= 4 is 70.6 Å². The minimum atomic E-state index is 0.604. The van der Waals surface area contributed by atoms with E-state index in [-0.39, 0.29) is 0 Å². The van der Waals surface area contributed by atoms with Crippen molar-refractivity contribution in [2.24, 2.45) is 0 Å². The standard InChI is InChI=1S/C38H42O5S6/c1-3-17-40-35-27-9-5-10-28(35)47-32-14-8-16-34-38(32)43-22-26-45-24-20-39-19-23-44-25-21-42-37-31(46-27)13-7-15-33(37)48-29-11-6-12-30(49-34)36(29)41-18-4-2/h5-16H,3-4,17-26H2,1-2H3. The molecule has 0 unspecified atom stereocenters. The van der Waals surface area contributed by atoms with Crippen LogP contribution >= 0.6 is 70.6 Å². The third-order valence-corrected chi connectivity index (χ3v) is 13.4. The highest BCUT2D eigenvalue weighted by atomic mass is 32.2. The monoisotopic (exact) mass is 770 g/mol. The predicted octanol–water partition coefficient (Wildman–Crippen LogP) is 11.4. The summed E-state index contributed by atoms with van der Waals surface area (Å²) in [6, 6.07) is 25.7. The largest absolute Gasteiger partial charge is 0.491 e. The number of hydrogen-bond acceptors (Lipinski definition) is 11. The van der Waals surface area contributed by atoms with Crippen LogP contribution in [0.1, 0.15) is 26.7 Å². The van der Waals surface area contributed by atoms with Crippen LogP contribution in [0.15, 0.2) is 112 Å². The molecular formula is C38H42O5S6. The van der Waals surface area contributed by atoms with Gasteiger partial charge in [-0.1, -0.05) is 85.2 Å². The summed E-state index contributed by atoms with van der Waals surface area (Å²) in [5.41, 5.74) is 0. The van der Waals surface area contributed by atoms with Gasteiger partial charge in [0, 0.05) is 23.0 Å². The van der Waals surface area contributed by atoms with Crippen LogP contribution in [-0.4, -0.2) is 62.7 Å². The van der Waals surface area contributed by atoms with Crippen LogP contribution in [0, 0.1) is 0 Å². The van der Waals surface area contributed by atoms with E-state index < -0.39 is 0 Å². The Kier molecular flexibility index (Phi) is 14.8. The van der Waals surface area contributed by atoms with Crippen LogP contribution in [0.25, 0.3) is 0 Å². The lowest BCUT2D eigenvalue weighted by Crippen LogP contribution is -2.07. The van der Waals surface area contributed by atoms with Crippen molar-refractivity contribution in [2.75, 3.05) is 62.7 Å². The summed E-state index contributed by atoms with van der Waals surface area (Å²) >= 11 is 10.5. The molecule has 4 aromatic carbocycles. The average Bonchev–Trinajstić information content (AvgIpc) is 3.10. The normalized spacial score (nSPS) is 15.8. The first-order valence-electron chi connectivity index (χ1n) is 16.7. The molecule has 5 nitrogen and oxygen atoms in total. The molecule has 0 N–H and O–H groups in total. The van der Waals surface area contributed by atoms with E-state index >= 15 is 0 Å². The molecule has 4 aromatic rings. The first-order valence-corrected chi connectivity index (χ1v) is 22.3. The Hall–Kier alpha value is -1.86. The molecule has 0 radical (unpaired) electrons. The van der Waals surface area contributed by atoms with Gasteiger partial charge in [0.15, 0.2) is 0 Å². The molecule has 0 saturated heterocycles. The highest BCUT2D eigenvalue weighted by molar-refractivity contribution is 8.01. The van der Waals surface area contributed by atoms with Crippen LogP contribution in [0.5, 0.6) is 23.0 Å². The highest BCUT2D eigenvalue weighted by Crippen LogP contribution is 2.53. The first kappa shape index (κ1) is 36.9. The summed E-state index contributed by atoms with van der Waals surface area (Å²) in [5.74, 6) is 7.22. The van der Waals surface area contributed by atoms with Crippen molar-refractivity contribution in [1.82, 2.24) is 0 Å². The van der Waals surface area contributed by atoms with E-state index in [1.54, 1.807) is 47.0 Å². The summed E-state index contributed by atoms with van der Waals surface area (Å²) in [6.07, 6.45) is 1.84. The molecule has 0 amide bonds. The molecule has 0 atom stereocenters. The summed E-state index contributed by atoms with van der Waals surface area (Å²) in [7, 11) is 0. The predicted molar refractivity (Wildman–Crippen MR) is 210 cm³/mol. The van der Waals surface area contributed by atoms with Gasteiger partial charge in [0.1, 0.15) is 23.0 Å². The number of ether oxygens (including phenoxy) is 5. The van der Waals surface area contributed by atoms with E-state index in [1.165, 1.54) is 0 Å². The Morgan fingerprint density at radius 2 is 0.796 bits per heavy atom. The van der Waals surface area contributed by atoms with Gasteiger partial charge in [0.05, 0.1) is 78.8 Å². The maximum absolute atomic E-state index is 6.70. The topological polar surface area (TPSA) is 46.2 Å². The Bertz CT molecular complexity index is 1460. The molecule has 0 saturated carbocycles. The third-order valence-electron chi connectivity index (χ3n) is 7.24. The van der Waals surface area contributed by atoms with Crippen molar-refractivity contribution < 1.29 is 23.7 Å². The second kappa shape index (κ2) is 19.7. The maximum Gasteiger partial charge on any atom is 0.147 e. The molecule has 6 rings (SSSR count). The van der Waals surface area contributed by atoms with Crippen LogP contribution < -0.4 is 18.9 Å². The number of thioether (sulfide) groups is 2. The van der Waals surface area contributed by atoms with Gasteiger partial charge < -0.3 is 23.7 Å². The lowest BCUT2D eigenvalue weighted by Gasteiger charge is -2.21. The molecule has 0 spiro atoms. The zero-order valence-corrected chi connectivity index (χ0v) is 32.8. The van der Waals surface area contributed by atoms with Gasteiger partial charge >= 0.3 is 0 Å². The third kappa shape index (κ3) is 10.1. The van der Waals surface area contributed by atoms with E-state index in [2.05, 4.69) is 86.6 Å². The molecule has 0 aliphatic carbocycles. The Morgan fingerprint density at radius 3 is 1.14 bits per heavy atom. The second-order valence-corrected chi connectivity index (χ2v) is 17.8. The van der Waals surface area contributed by atoms with Crippen molar-refractivity contribution in [1.29, 1.82) is 0 Å². The van der Waals surface area contributed by atoms with Crippen molar-refractivity contribution in [2.45, 2.75) is 65.9 Å². The van der Waals surface area contributed by atoms with Crippen LogP contribution in [0.4, 0.5) is 0 Å². The minimum absolute atomic E-state index is 0.604. The molecule has 260 valence electrons. The molecule has 2 aliphatic heterocycles. The SMILES string of the molecule is CCCOc1c2cccc1Sc1cccc3c1OCCSCCOCCSCCOc1c(cccc1Sc1cccc(c1OCCC)S3)S2. The summed E-state index contributed by atoms with van der Waals surface area (Å²) in [6.45, 7) is 8.26. The van der Waals surface area contributed by atoms with Crippen LogP contribution in [0.2, 0.25) is 0 Å². The zero-order valence-electron chi connectivity index (χ0n) is 27.9. The molecule has 11 heteroatoms. The van der Waals surface area contributed by atoms with E-state index in [4.69, 9.17) is 23.7 Å². The molecule has 2 heterocycles. The number of rotatable bonds is 6.